The number of carbonyl (C=O) groups is 1. The number of fused-ring (bicyclic) bond motifs is 2. The third-order valence-corrected chi connectivity index (χ3v) is 5.24. The zero-order valence-corrected chi connectivity index (χ0v) is 16.6. The number of aromatic amines is 2. The minimum absolute atomic E-state index is 0.0907. The minimum Gasteiger partial charge on any atom is -0.370 e. The molecule has 0 aliphatic rings. The van der Waals surface area contributed by atoms with Crippen molar-refractivity contribution in [2.24, 2.45) is 0 Å². The number of hydrogen-bond donors (Lipinski definition) is 3. The van der Waals surface area contributed by atoms with Crippen LogP contribution >= 0.6 is 0 Å². The van der Waals surface area contributed by atoms with Crippen molar-refractivity contribution in [1.29, 1.82) is 0 Å². The fourth-order valence-electron chi connectivity index (χ4n) is 3.81. The van der Waals surface area contributed by atoms with Crippen LogP contribution in [0.1, 0.15) is 19.4 Å². The number of amides is 1. The van der Waals surface area contributed by atoms with E-state index in [9.17, 15) is 9.59 Å². The molecular formula is C23H24N4O2. The maximum atomic E-state index is 12.9. The summed E-state index contributed by atoms with van der Waals surface area (Å²) in [6, 6.07) is 17.8. The molecule has 0 radical (unpaired) electrons. The lowest BCUT2D eigenvalue weighted by molar-refractivity contribution is -0.115. The Morgan fingerprint density at radius 3 is 2.41 bits per heavy atom. The Hall–Kier alpha value is -3.54. The van der Waals surface area contributed by atoms with E-state index >= 15 is 0 Å². The van der Waals surface area contributed by atoms with Gasteiger partial charge < -0.3 is 20.2 Å². The third-order valence-electron chi connectivity index (χ3n) is 5.24. The van der Waals surface area contributed by atoms with Crippen molar-refractivity contribution in [2.45, 2.75) is 20.3 Å². The highest BCUT2D eigenvalue weighted by molar-refractivity contribution is 6.00. The highest BCUT2D eigenvalue weighted by Crippen LogP contribution is 2.30. The summed E-state index contributed by atoms with van der Waals surface area (Å²) in [6.07, 6.45) is 0.279. The van der Waals surface area contributed by atoms with E-state index in [-0.39, 0.29) is 18.0 Å². The number of aromatic nitrogens is 2. The number of carbonyl (C=O) groups excluding carboxylic acids is 1. The molecule has 4 aromatic rings. The molecule has 0 bridgehead atoms. The fourth-order valence-corrected chi connectivity index (χ4v) is 3.81. The average Bonchev–Trinajstić information content (AvgIpc) is 3.08. The van der Waals surface area contributed by atoms with E-state index in [0.29, 0.717) is 11.2 Å². The zero-order valence-electron chi connectivity index (χ0n) is 16.6. The van der Waals surface area contributed by atoms with Gasteiger partial charge in [-0.05, 0) is 42.3 Å². The maximum absolute atomic E-state index is 12.9. The van der Waals surface area contributed by atoms with Gasteiger partial charge in [0.25, 0.3) is 0 Å². The van der Waals surface area contributed by atoms with Crippen LogP contribution < -0.4 is 15.9 Å². The highest BCUT2D eigenvalue weighted by Gasteiger charge is 2.15. The predicted molar refractivity (Wildman–Crippen MR) is 119 cm³/mol. The molecule has 29 heavy (non-hydrogen) atoms. The van der Waals surface area contributed by atoms with Crippen LogP contribution in [-0.4, -0.2) is 29.0 Å². The van der Waals surface area contributed by atoms with E-state index in [2.05, 4.69) is 34.0 Å². The lowest BCUT2D eigenvalue weighted by Crippen LogP contribution is -2.24. The van der Waals surface area contributed by atoms with Gasteiger partial charge in [0.1, 0.15) is 0 Å². The largest absolute Gasteiger partial charge is 0.370 e. The Kier molecular flexibility index (Phi) is 5.08. The molecule has 6 heteroatoms. The van der Waals surface area contributed by atoms with E-state index in [1.807, 2.05) is 54.6 Å². The molecule has 0 atom stereocenters. The van der Waals surface area contributed by atoms with Gasteiger partial charge in [-0.1, -0.05) is 42.5 Å². The molecule has 0 saturated carbocycles. The SMILES string of the molecule is CCN(CC)c1cc2[nH]c(=O)[nH]c2cc1NC(=O)Cc1cccc2ccccc12. The second-order valence-corrected chi connectivity index (χ2v) is 7.03. The molecule has 3 N–H and O–H groups in total. The number of benzene rings is 3. The fraction of sp³-hybridized carbons (Fsp3) is 0.217. The van der Waals surface area contributed by atoms with Crippen molar-refractivity contribution in [1.82, 2.24) is 9.97 Å². The van der Waals surface area contributed by atoms with Gasteiger partial charge in [-0.15, -0.1) is 0 Å². The summed E-state index contributed by atoms with van der Waals surface area (Å²) in [5, 5.41) is 5.26. The minimum atomic E-state index is -0.260. The van der Waals surface area contributed by atoms with Crippen LogP contribution in [0.2, 0.25) is 0 Å². The van der Waals surface area contributed by atoms with E-state index in [1.165, 1.54) is 0 Å². The third kappa shape index (κ3) is 3.74. The van der Waals surface area contributed by atoms with Gasteiger partial charge in [0.2, 0.25) is 5.91 Å². The number of H-pyrrole nitrogens is 2. The Balaban J connectivity index is 1.67. The molecule has 0 saturated heterocycles. The van der Waals surface area contributed by atoms with Crippen molar-refractivity contribution < 1.29 is 4.79 Å². The summed E-state index contributed by atoms with van der Waals surface area (Å²) in [4.78, 5) is 32.3. The standard InChI is InChI=1S/C23H24N4O2/c1-3-27(4-2)21-14-19-18(25-23(29)26-19)13-20(21)24-22(28)12-16-10-7-9-15-8-5-6-11-17(15)16/h5-11,13-14H,3-4,12H2,1-2H3,(H,24,28)(H2,25,26,29). The molecule has 1 heterocycles. The number of nitrogens with one attached hydrogen (secondary N) is 3. The Bertz CT molecular complexity index is 1230. The molecule has 1 aromatic heterocycles. The Morgan fingerprint density at radius 1 is 0.966 bits per heavy atom. The van der Waals surface area contributed by atoms with Crippen LogP contribution in [0, 0.1) is 0 Å². The molecule has 0 aliphatic carbocycles. The smallest absolute Gasteiger partial charge is 0.323 e. The monoisotopic (exact) mass is 388 g/mol. The first-order chi connectivity index (χ1) is 14.1. The number of hydrogen-bond acceptors (Lipinski definition) is 3. The van der Waals surface area contributed by atoms with Crippen LogP contribution in [0.25, 0.3) is 21.8 Å². The van der Waals surface area contributed by atoms with Crippen LogP contribution in [0.15, 0.2) is 59.4 Å². The van der Waals surface area contributed by atoms with Crippen LogP contribution in [0.5, 0.6) is 0 Å². The van der Waals surface area contributed by atoms with Gasteiger partial charge in [-0.2, -0.15) is 0 Å². The van der Waals surface area contributed by atoms with Crippen molar-refractivity contribution in [3.8, 4) is 0 Å². The van der Waals surface area contributed by atoms with Crippen molar-refractivity contribution in [3.63, 3.8) is 0 Å². The van der Waals surface area contributed by atoms with Gasteiger partial charge in [0, 0.05) is 13.1 Å². The second-order valence-electron chi connectivity index (χ2n) is 7.03. The second kappa shape index (κ2) is 7.83. The molecule has 0 spiro atoms. The molecule has 0 fully saturated rings. The van der Waals surface area contributed by atoms with E-state index in [0.717, 1.165) is 40.6 Å². The highest BCUT2D eigenvalue weighted by atomic mass is 16.1. The van der Waals surface area contributed by atoms with Crippen LogP contribution in [0.4, 0.5) is 11.4 Å². The summed E-state index contributed by atoms with van der Waals surface area (Å²) in [5.41, 5.74) is 3.71. The van der Waals surface area contributed by atoms with E-state index in [1.54, 1.807) is 0 Å². The van der Waals surface area contributed by atoms with Gasteiger partial charge in [0.15, 0.2) is 0 Å². The van der Waals surface area contributed by atoms with Gasteiger partial charge in [0.05, 0.1) is 28.8 Å². The molecule has 0 unspecified atom stereocenters. The lowest BCUT2D eigenvalue weighted by atomic mass is 10.0. The summed E-state index contributed by atoms with van der Waals surface area (Å²) in [5.74, 6) is -0.0907. The van der Waals surface area contributed by atoms with E-state index in [4.69, 9.17) is 0 Å². The summed E-state index contributed by atoms with van der Waals surface area (Å²) in [6.45, 7) is 5.72. The van der Waals surface area contributed by atoms with Crippen molar-refractivity contribution in [2.75, 3.05) is 23.3 Å². The van der Waals surface area contributed by atoms with Gasteiger partial charge in [-0.25, -0.2) is 4.79 Å². The summed E-state index contributed by atoms with van der Waals surface area (Å²) < 4.78 is 0. The number of rotatable bonds is 6. The number of nitrogens with zero attached hydrogens (tertiary/aromatic N) is 1. The first-order valence-electron chi connectivity index (χ1n) is 9.86. The molecule has 4 rings (SSSR count). The molecule has 6 nitrogen and oxygen atoms in total. The van der Waals surface area contributed by atoms with Crippen LogP contribution in [0.3, 0.4) is 0 Å². The van der Waals surface area contributed by atoms with Gasteiger partial charge in [-0.3, -0.25) is 4.79 Å². The first-order valence-corrected chi connectivity index (χ1v) is 9.86. The lowest BCUT2D eigenvalue weighted by Gasteiger charge is -2.24. The molecule has 148 valence electrons. The topological polar surface area (TPSA) is 81.0 Å². The number of anilines is 2. The maximum Gasteiger partial charge on any atom is 0.323 e. The number of imidazole rings is 1. The quantitative estimate of drug-likeness (QED) is 0.466. The van der Waals surface area contributed by atoms with E-state index < -0.39 is 0 Å². The van der Waals surface area contributed by atoms with Crippen molar-refractivity contribution >= 4 is 39.1 Å². The molecule has 1 amide bonds. The Morgan fingerprint density at radius 2 is 1.66 bits per heavy atom. The van der Waals surface area contributed by atoms with Crippen LogP contribution in [-0.2, 0) is 11.2 Å². The summed E-state index contributed by atoms with van der Waals surface area (Å²) in [7, 11) is 0. The molecular weight excluding hydrogens is 364 g/mol. The zero-order chi connectivity index (χ0) is 20.4. The molecule has 0 aliphatic heterocycles. The predicted octanol–water partition coefficient (Wildman–Crippen LogP) is 4.04. The average molecular weight is 388 g/mol. The molecule has 3 aromatic carbocycles. The Labute approximate surface area is 168 Å². The normalized spacial score (nSPS) is 11.1. The van der Waals surface area contributed by atoms with Gasteiger partial charge >= 0.3 is 5.69 Å². The summed E-state index contributed by atoms with van der Waals surface area (Å²) >= 11 is 0. The first kappa shape index (κ1) is 18.8. The van der Waals surface area contributed by atoms with Crippen molar-refractivity contribution in [3.05, 3.63) is 70.6 Å².